The summed E-state index contributed by atoms with van der Waals surface area (Å²) in [6, 6.07) is 3.40. The summed E-state index contributed by atoms with van der Waals surface area (Å²) in [6.07, 6.45) is 2.52. The van der Waals surface area contributed by atoms with Crippen LogP contribution in [0.5, 0.6) is 0 Å². The van der Waals surface area contributed by atoms with Gasteiger partial charge in [-0.2, -0.15) is 0 Å². The minimum Gasteiger partial charge on any atom is -0.384 e. The van der Waals surface area contributed by atoms with Gasteiger partial charge in [0.05, 0.1) is 0 Å². The number of carbonyl (C=O) groups excluding carboxylic acids is 1. The van der Waals surface area contributed by atoms with Crippen molar-refractivity contribution in [1.29, 1.82) is 0 Å². The summed E-state index contributed by atoms with van der Waals surface area (Å²) in [4.78, 5) is 17.9. The van der Waals surface area contributed by atoms with Gasteiger partial charge >= 0.3 is 0 Å². The van der Waals surface area contributed by atoms with Gasteiger partial charge in [-0.05, 0) is 24.5 Å². The van der Waals surface area contributed by atoms with Crippen molar-refractivity contribution in [3.63, 3.8) is 0 Å². The van der Waals surface area contributed by atoms with E-state index in [2.05, 4.69) is 30.7 Å². The maximum Gasteiger partial charge on any atom is 0.272 e. The molecule has 1 heterocycles. The monoisotopic (exact) mass is 260 g/mol. The van der Waals surface area contributed by atoms with Crippen LogP contribution in [0.15, 0.2) is 18.3 Å². The van der Waals surface area contributed by atoms with E-state index in [-0.39, 0.29) is 12.5 Å². The Balaban J connectivity index is 2.67. The van der Waals surface area contributed by atoms with Crippen molar-refractivity contribution in [3.05, 3.63) is 29.6 Å². The number of aliphatic hydroxyl groups is 1. The second-order valence-electron chi connectivity index (χ2n) is 4.80. The molecule has 0 aliphatic carbocycles. The van der Waals surface area contributed by atoms with Gasteiger partial charge < -0.3 is 10.0 Å². The molecule has 0 radical (unpaired) electrons. The van der Waals surface area contributed by atoms with Crippen LogP contribution in [0.1, 0.15) is 36.3 Å². The number of aromatic nitrogens is 1. The normalized spacial score (nSPS) is 9.95. The molecule has 1 amide bonds. The van der Waals surface area contributed by atoms with Crippen LogP contribution in [0.2, 0.25) is 0 Å². The Kier molecular flexibility index (Phi) is 6.04. The van der Waals surface area contributed by atoms with Crippen LogP contribution in [0.3, 0.4) is 0 Å². The van der Waals surface area contributed by atoms with Gasteiger partial charge in [-0.25, -0.2) is 4.98 Å². The summed E-state index contributed by atoms with van der Waals surface area (Å²) >= 11 is 0. The number of aliphatic hydroxyl groups excluding tert-OH is 1. The number of pyridine rings is 1. The van der Waals surface area contributed by atoms with Crippen LogP contribution in [0, 0.1) is 17.8 Å². The summed E-state index contributed by atoms with van der Waals surface area (Å²) in [5.41, 5.74) is 1.11. The first kappa shape index (κ1) is 15.2. The predicted octanol–water partition coefficient (Wildman–Crippen LogP) is 1.54. The quantitative estimate of drug-likeness (QED) is 0.836. The van der Waals surface area contributed by atoms with Gasteiger partial charge in [-0.15, -0.1) is 0 Å². The first-order valence-electron chi connectivity index (χ1n) is 6.36. The summed E-state index contributed by atoms with van der Waals surface area (Å²) in [7, 11) is 1.78. The Morgan fingerprint density at radius 3 is 2.74 bits per heavy atom. The van der Waals surface area contributed by atoms with Crippen molar-refractivity contribution in [2.24, 2.45) is 5.92 Å². The molecule has 0 unspecified atom stereocenters. The molecule has 0 bridgehead atoms. The molecular weight excluding hydrogens is 240 g/mol. The van der Waals surface area contributed by atoms with Gasteiger partial charge in [0.1, 0.15) is 12.3 Å². The molecule has 1 rings (SSSR count). The van der Waals surface area contributed by atoms with Crippen molar-refractivity contribution in [2.45, 2.75) is 20.3 Å². The molecule has 0 spiro atoms. The van der Waals surface area contributed by atoms with Crippen LogP contribution < -0.4 is 0 Å². The summed E-state index contributed by atoms with van der Waals surface area (Å²) in [6.45, 7) is 4.80. The number of carbonyl (C=O) groups is 1. The van der Waals surface area contributed by atoms with Crippen LogP contribution in [-0.4, -0.2) is 41.1 Å². The van der Waals surface area contributed by atoms with Gasteiger partial charge in [0.15, 0.2) is 0 Å². The lowest BCUT2D eigenvalue weighted by molar-refractivity contribution is 0.0783. The Bertz CT molecular complexity index is 469. The Morgan fingerprint density at radius 1 is 1.47 bits per heavy atom. The van der Waals surface area contributed by atoms with Crippen LogP contribution in [-0.2, 0) is 0 Å². The van der Waals surface area contributed by atoms with E-state index in [9.17, 15) is 4.79 Å². The van der Waals surface area contributed by atoms with E-state index in [4.69, 9.17) is 5.11 Å². The molecule has 0 aliphatic rings. The average Bonchev–Trinajstić information content (AvgIpc) is 2.42. The smallest absolute Gasteiger partial charge is 0.272 e. The number of rotatable bonds is 4. The van der Waals surface area contributed by atoms with Gasteiger partial charge in [-0.3, -0.25) is 4.79 Å². The third-order valence-electron chi connectivity index (χ3n) is 2.68. The average molecular weight is 260 g/mol. The van der Waals surface area contributed by atoms with Crippen LogP contribution >= 0.6 is 0 Å². The molecule has 1 aromatic rings. The highest BCUT2D eigenvalue weighted by Crippen LogP contribution is 2.05. The van der Waals surface area contributed by atoms with E-state index < -0.39 is 0 Å². The van der Waals surface area contributed by atoms with E-state index >= 15 is 0 Å². The Morgan fingerprint density at radius 2 is 2.21 bits per heavy atom. The standard InChI is InChI=1S/C15H20N2O2/c1-12(2)8-9-17(3)15(19)14-7-6-13(11-16-14)5-4-10-18/h6-7,11-12,18H,8-10H2,1-3H3. The Labute approximate surface area is 114 Å². The molecule has 0 fully saturated rings. The number of hydrogen-bond donors (Lipinski definition) is 1. The van der Waals surface area contributed by atoms with Crippen LogP contribution in [0.25, 0.3) is 0 Å². The molecule has 0 saturated carbocycles. The molecule has 102 valence electrons. The zero-order valence-electron chi connectivity index (χ0n) is 11.7. The molecule has 0 saturated heterocycles. The fourth-order valence-electron chi connectivity index (χ4n) is 1.48. The third-order valence-corrected chi connectivity index (χ3v) is 2.68. The van der Waals surface area contributed by atoms with Gasteiger partial charge in [-0.1, -0.05) is 25.7 Å². The van der Waals surface area contributed by atoms with Crippen molar-refractivity contribution >= 4 is 5.91 Å². The second-order valence-corrected chi connectivity index (χ2v) is 4.80. The van der Waals surface area contributed by atoms with Crippen molar-refractivity contribution in [1.82, 2.24) is 9.88 Å². The molecule has 0 aromatic carbocycles. The third kappa shape index (κ3) is 5.11. The summed E-state index contributed by atoms with van der Waals surface area (Å²) in [5.74, 6) is 5.77. The van der Waals surface area contributed by atoms with Crippen molar-refractivity contribution in [3.8, 4) is 11.8 Å². The largest absolute Gasteiger partial charge is 0.384 e. The first-order chi connectivity index (χ1) is 9.04. The molecule has 4 heteroatoms. The zero-order chi connectivity index (χ0) is 14.3. The molecule has 0 atom stereocenters. The molecule has 1 N–H and O–H groups in total. The zero-order valence-corrected chi connectivity index (χ0v) is 11.7. The maximum absolute atomic E-state index is 12.1. The van der Waals surface area contributed by atoms with Crippen molar-refractivity contribution < 1.29 is 9.90 Å². The highest BCUT2D eigenvalue weighted by Gasteiger charge is 2.12. The topological polar surface area (TPSA) is 53.4 Å². The maximum atomic E-state index is 12.1. The minimum atomic E-state index is -0.182. The fraction of sp³-hybridized carbons (Fsp3) is 0.467. The highest BCUT2D eigenvalue weighted by atomic mass is 16.2. The van der Waals surface area contributed by atoms with Crippen molar-refractivity contribution in [2.75, 3.05) is 20.2 Å². The van der Waals surface area contributed by atoms with E-state index in [1.54, 1.807) is 30.3 Å². The summed E-state index contributed by atoms with van der Waals surface area (Å²) < 4.78 is 0. The van der Waals surface area contributed by atoms with Gasteiger partial charge in [0.2, 0.25) is 0 Å². The lowest BCUT2D eigenvalue weighted by Crippen LogP contribution is -2.29. The molecule has 1 aromatic heterocycles. The molecule has 19 heavy (non-hydrogen) atoms. The predicted molar refractivity (Wildman–Crippen MR) is 74.6 cm³/mol. The molecular formula is C15H20N2O2. The summed E-state index contributed by atoms with van der Waals surface area (Å²) in [5, 5.41) is 8.59. The Hall–Kier alpha value is -1.86. The second kappa shape index (κ2) is 7.55. The van der Waals surface area contributed by atoms with E-state index in [1.165, 1.54) is 0 Å². The number of nitrogens with zero attached hydrogens (tertiary/aromatic N) is 2. The van der Waals surface area contributed by atoms with E-state index in [1.807, 2.05) is 0 Å². The first-order valence-corrected chi connectivity index (χ1v) is 6.36. The lowest BCUT2D eigenvalue weighted by Gasteiger charge is -2.17. The number of amides is 1. The van der Waals surface area contributed by atoms with Gasteiger partial charge in [0.25, 0.3) is 5.91 Å². The van der Waals surface area contributed by atoms with E-state index in [0.717, 1.165) is 13.0 Å². The van der Waals surface area contributed by atoms with Gasteiger partial charge in [0, 0.05) is 25.4 Å². The number of hydrogen-bond acceptors (Lipinski definition) is 3. The molecule has 0 aliphatic heterocycles. The SMILES string of the molecule is CC(C)CCN(C)C(=O)c1ccc(C#CCO)cn1. The minimum absolute atomic E-state index is 0.0812. The fourth-order valence-corrected chi connectivity index (χ4v) is 1.48. The molecule has 4 nitrogen and oxygen atoms in total. The van der Waals surface area contributed by atoms with Crippen LogP contribution in [0.4, 0.5) is 0 Å². The highest BCUT2D eigenvalue weighted by molar-refractivity contribution is 5.92. The lowest BCUT2D eigenvalue weighted by atomic mass is 10.1. The van der Waals surface area contributed by atoms with E-state index in [0.29, 0.717) is 17.2 Å².